The van der Waals surface area contributed by atoms with Gasteiger partial charge in [-0.15, -0.1) is 0 Å². The third kappa shape index (κ3) is 6.46. The van der Waals surface area contributed by atoms with E-state index in [2.05, 4.69) is 24.0 Å². The molecule has 0 aliphatic heterocycles. The van der Waals surface area contributed by atoms with Crippen molar-refractivity contribution in [1.29, 1.82) is 5.41 Å². The van der Waals surface area contributed by atoms with Crippen molar-refractivity contribution in [3.8, 4) is 0 Å². The van der Waals surface area contributed by atoms with Gasteiger partial charge in [-0.3, -0.25) is 9.98 Å². The maximum Gasteiger partial charge on any atom is 0.0640 e. The van der Waals surface area contributed by atoms with E-state index < -0.39 is 0 Å². The van der Waals surface area contributed by atoms with Crippen molar-refractivity contribution in [3.05, 3.63) is 46.7 Å². The predicted octanol–water partition coefficient (Wildman–Crippen LogP) is 5.46. The summed E-state index contributed by atoms with van der Waals surface area (Å²) < 4.78 is 0. The first-order chi connectivity index (χ1) is 15.5. The zero-order chi connectivity index (χ0) is 22.9. The van der Waals surface area contributed by atoms with Gasteiger partial charge in [0.25, 0.3) is 0 Å². The Hall–Kier alpha value is -2.11. The molecule has 0 amide bonds. The molecule has 5 nitrogen and oxygen atoms in total. The second-order valence-electron chi connectivity index (χ2n) is 9.47. The molecule has 4 N–H and O–H groups in total. The first-order valence-electron chi connectivity index (χ1n) is 12.3. The number of hydrogen-bond acceptors (Lipinski definition) is 5. The van der Waals surface area contributed by atoms with Crippen LogP contribution in [0.1, 0.15) is 76.3 Å². The Morgan fingerprint density at radius 1 is 1.19 bits per heavy atom. The predicted molar refractivity (Wildman–Crippen MR) is 135 cm³/mol. The number of aliphatic imine (C=N–C) groups is 2. The van der Waals surface area contributed by atoms with Crippen LogP contribution >= 0.6 is 0 Å². The Kier molecular flexibility index (Phi) is 9.36. The van der Waals surface area contributed by atoms with Crippen LogP contribution in [-0.4, -0.2) is 29.4 Å². The standard InChI is InChI=1S/C27H40N4O/c1-3-22-14-24(16-29)27(25(11-12-26(22)32)23-9-4-5-10-23)31-19(2)17-30-18-21-8-6-7-20(13-21)15-28/h6-8,13,16-17,22-23,25-26,29,32H,3-5,9-12,14-15,18,28H2,1-2H3/b27-24-,29-16?,30-17?,31-19?. The van der Waals surface area contributed by atoms with Gasteiger partial charge in [-0.1, -0.05) is 50.5 Å². The largest absolute Gasteiger partial charge is 0.393 e. The van der Waals surface area contributed by atoms with Gasteiger partial charge in [0, 0.05) is 30.6 Å². The second-order valence-corrected chi connectivity index (χ2v) is 9.47. The van der Waals surface area contributed by atoms with Gasteiger partial charge in [0.2, 0.25) is 0 Å². The summed E-state index contributed by atoms with van der Waals surface area (Å²) in [6.07, 6.45) is 11.5. The van der Waals surface area contributed by atoms with Crippen LogP contribution in [0.15, 0.2) is 45.5 Å². The summed E-state index contributed by atoms with van der Waals surface area (Å²) in [6.45, 7) is 5.28. The number of aliphatic hydroxyl groups is 1. The molecule has 3 rings (SSSR count). The lowest BCUT2D eigenvalue weighted by molar-refractivity contribution is 0.0846. The van der Waals surface area contributed by atoms with Crippen molar-refractivity contribution in [1.82, 2.24) is 0 Å². The summed E-state index contributed by atoms with van der Waals surface area (Å²) in [4.78, 5) is 9.69. The van der Waals surface area contributed by atoms with Gasteiger partial charge in [-0.2, -0.15) is 0 Å². The molecule has 2 aliphatic rings. The van der Waals surface area contributed by atoms with Crippen LogP contribution in [0.4, 0.5) is 0 Å². The minimum Gasteiger partial charge on any atom is -0.393 e. The zero-order valence-electron chi connectivity index (χ0n) is 19.8. The quantitative estimate of drug-likeness (QED) is 0.472. The first kappa shape index (κ1) is 24.5. The van der Waals surface area contributed by atoms with E-state index in [-0.39, 0.29) is 12.0 Å². The third-order valence-corrected chi connectivity index (χ3v) is 7.22. The van der Waals surface area contributed by atoms with Gasteiger partial charge >= 0.3 is 0 Å². The Morgan fingerprint density at radius 2 is 1.94 bits per heavy atom. The fourth-order valence-corrected chi connectivity index (χ4v) is 5.36. The van der Waals surface area contributed by atoms with Gasteiger partial charge in [0.1, 0.15) is 0 Å². The van der Waals surface area contributed by atoms with Crippen LogP contribution < -0.4 is 5.73 Å². The van der Waals surface area contributed by atoms with Crippen molar-refractivity contribution >= 4 is 18.1 Å². The molecular weight excluding hydrogens is 396 g/mol. The average Bonchev–Trinajstić information content (AvgIpc) is 3.33. The molecular formula is C27H40N4O. The molecule has 1 fully saturated rings. The maximum absolute atomic E-state index is 10.7. The summed E-state index contributed by atoms with van der Waals surface area (Å²) in [5.74, 6) is 1.13. The molecule has 3 unspecified atom stereocenters. The highest BCUT2D eigenvalue weighted by Gasteiger charge is 2.33. The zero-order valence-corrected chi connectivity index (χ0v) is 19.8. The minimum atomic E-state index is -0.281. The smallest absolute Gasteiger partial charge is 0.0640 e. The number of nitrogens with zero attached hydrogens (tertiary/aromatic N) is 2. The topological polar surface area (TPSA) is 94.8 Å². The van der Waals surface area contributed by atoms with Crippen LogP contribution in [0.2, 0.25) is 0 Å². The maximum atomic E-state index is 10.7. The molecule has 174 valence electrons. The van der Waals surface area contributed by atoms with E-state index in [4.69, 9.17) is 16.1 Å². The van der Waals surface area contributed by atoms with E-state index in [1.54, 1.807) is 0 Å². The SMILES string of the molecule is CCC1C/C(C=N)=C(/N=C(C)C=NCc2cccc(CN)c2)C(C2CCCC2)CCC1O. The fourth-order valence-electron chi connectivity index (χ4n) is 5.36. The van der Waals surface area contributed by atoms with Crippen LogP contribution in [-0.2, 0) is 13.1 Å². The molecule has 0 saturated heterocycles. The van der Waals surface area contributed by atoms with Gasteiger partial charge in [0.15, 0.2) is 0 Å². The molecule has 3 atom stereocenters. The van der Waals surface area contributed by atoms with Crippen molar-refractivity contribution in [2.24, 2.45) is 33.5 Å². The Morgan fingerprint density at radius 3 is 2.62 bits per heavy atom. The van der Waals surface area contributed by atoms with Crippen molar-refractivity contribution < 1.29 is 5.11 Å². The van der Waals surface area contributed by atoms with E-state index >= 15 is 0 Å². The highest BCUT2D eigenvalue weighted by atomic mass is 16.3. The van der Waals surface area contributed by atoms with Crippen molar-refractivity contribution in [3.63, 3.8) is 0 Å². The summed E-state index contributed by atoms with van der Waals surface area (Å²) in [5.41, 5.74) is 11.0. The molecule has 32 heavy (non-hydrogen) atoms. The van der Waals surface area contributed by atoms with E-state index in [1.165, 1.54) is 31.9 Å². The van der Waals surface area contributed by atoms with E-state index in [0.29, 0.717) is 24.9 Å². The fraction of sp³-hybridized carbons (Fsp3) is 0.593. The minimum absolute atomic E-state index is 0.199. The summed E-state index contributed by atoms with van der Waals surface area (Å²) >= 11 is 0. The number of hydrogen-bond donors (Lipinski definition) is 3. The molecule has 0 radical (unpaired) electrons. The molecule has 5 heteroatoms. The molecule has 0 spiro atoms. The monoisotopic (exact) mass is 436 g/mol. The lowest BCUT2D eigenvalue weighted by Crippen LogP contribution is -2.27. The molecule has 2 aliphatic carbocycles. The molecule has 0 aromatic heterocycles. The Balaban J connectivity index is 1.86. The van der Waals surface area contributed by atoms with Gasteiger partial charge in [0.05, 0.1) is 18.4 Å². The molecule has 1 saturated carbocycles. The highest BCUT2D eigenvalue weighted by Crippen LogP contribution is 2.42. The summed E-state index contributed by atoms with van der Waals surface area (Å²) in [5, 5.41) is 18.9. The van der Waals surface area contributed by atoms with Crippen LogP contribution in [0.3, 0.4) is 0 Å². The number of allylic oxidation sites excluding steroid dienone is 2. The van der Waals surface area contributed by atoms with Crippen molar-refractivity contribution in [2.45, 2.75) is 84.4 Å². The summed E-state index contributed by atoms with van der Waals surface area (Å²) in [6, 6.07) is 8.22. The van der Waals surface area contributed by atoms with E-state index in [9.17, 15) is 5.11 Å². The molecule has 0 bridgehead atoms. The lowest BCUT2D eigenvalue weighted by atomic mass is 9.76. The number of benzene rings is 1. The number of nitrogens with one attached hydrogen (secondary N) is 1. The normalized spacial score (nSPS) is 28.1. The summed E-state index contributed by atoms with van der Waals surface area (Å²) in [7, 11) is 0. The molecule has 1 aromatic carbocycles. The van der Waals surface area contributed by atoms with Gasteiger partial charge < -0.3 is 16.2 Å². The molecule has 0 heterocycles. The third-order valence-electron chi connectivity index (χ3n) is 7.22. The van der Waals surface area contributed by atoms with Crippen LogP contribution in [0, 0.1) is 23.2 Å². The number of rotatable bonds is 8. The second kappa shape index (κ2) is 12.2. The van der Waals surface area contributed by atoms with E-state index in [0.717, 1.165) is 53.8 Å². The van der Waals surface area contributed by atoms with Crippen molar-refractivity contribution in [2.75, 3.05) is 0 Å². The van der Waals surface area contributed by atoms with E-state index in [1.807, 2.05) is 25.3 Å². The Bertz CT molecular complexity index is 851. The number of aliphatic hydroxyl groups excluding tert-OH is 1. The number of nitrogens with two attached hydrogens (primary N) is 1. The molecule has 1 aromatic rings. The first-order valence-corrected chi connectivity index (χ1v) is 12.3. The Labute approximate surface area is 193 Å². The van der Waals surface area contributed by atoms with Crippen LogP contribution in [0.25, 0.3) is 0 Å². The highest BCUT2D eigenvalue weighted by molar-refractivity contribution is 6.29. The van der Waals surface area contributed by atoms with Crippen LogP contribution in [0.5, 0.6) is 0 Å². The average molecular weight is 437 g/mol. The van der Waals surface area contributed by atoms with Gasteiger partial charge in [-0.25, -0.2) is 0 Å². The lowest BCUT2D eigenvalue weighted by Gasteiger charge is -2.32. The van der Waals surface area contributed by atoms with Gasteiger partial charge in [-0.05, 0) is 67.6 Å².